The third-order valence-corrected chi connectivity index (χ3v) is 4.60. The lowest BCUT2D eigenvalue weighted by molar-refractivity contribution is 0.472. The van der Waals surface area contributed by atoms with E-state index in [1.165, 1.54) is 5.56 Å². The van der Waals surface area contributed by atoms with E-state index < -0.39 is 0 Å². The maximum Gasteiger partial charge on any atom is 0.250 e. The van der Waals surface area contributed by atoms with Gasteiger partial charge in [0.2, 0.25) is 5.95 Å². The zero-order valence-electron chi connectivity index (χ0n) is 13.3. The molecule has 4 rings (SSSR count). The summed E-state index contributed by atoms with van der Waals surface area (Å²) < 4.78 is 1.79. The van der Waals surface area contributed by atoms with Gasteiger partial charge in [0.25, 0.3) is 0 Å². The minimum atomic E-state index is 0.318. The van der Waals surface area contributed by atoms with E-state index in [1.54, 1.807) is 16.8 Å². The number of piperidine rings is 1. The van der Waals surface area contributed by atoms with Gasteiger partial charge in [0.1, 0.15) is 5.75 Å². The molecule has 1 fully saturated rings. The first kappa shape index (κ1) is 14.7. The molecule has 1 N–H and O–H groups in total. The third kappa shape index (κ3) is 2.82. The molecule has 0 atom stereocenters. The van der Waals surface area contributed by atoms with E-state index in [9.17, 15) is 5.11 Å². The summed E-state index contributed by atoms with van der Waals surface area (Å²) in [6, 6.07) is 17.5. The number of benzene rings is 2. The summed E-state index contributed by atoms with van der Waals surface area (Å²) in [6.07, 6.45) is 2.10. The molecule has 0 spiro atoms. The van der Waals surface area contributed by atoms with Gasteiger partial charge < -0.3 is 10.0 Å². The monoisotopic (exact) mass is 321 g/mol. The number of tetrazole rings is 1. The number of phenolic OH excluding ortho intramolecular Hbond substituents is 1. The predicted octanol–water partition coefficient (Wildman–Crippen LogP) is 2.75. The molecule has 1 saturated heterocycles. The van der Waals surface area contributed by atoms with E-state index in [0.717, 1.165) is 37.6 Å². The number of hydrogen-bond acceptors (Lipinski definition) is 5. The van der Waals surface area contributed by atoms with Gasteiger partial charge in [-0.25, -0.2) is 0 Å². The standard InChI is InChI=1S/C18H19N5O/c24-17-8-6-14(7-9-17)15-10-12-22(13-11-15)18-19-20-21-23(18)16-4-2-1-3-5-16/h1-9,15,24H,10-13H2. The molecule has 0 bridgehead atoms. The molecule has 0 amide bonds. The lowest BCUT2D eigenvalue weighted by atomic mass is 9.89. The molecule has 24 heavy (non-hydrogen) atoms. The zero-order chi connectivity index (χ0) is 16.4. The Bertz CT molecular complexity index is 792. The van der Waals surface area contributed by atoms with Crippen molar-refractivity contribution in [3.05, 3.63) is 60.2 Å². The summed E-state index contributed by atoms with van der Waals surface area (Å²) in [5.74, 6) is 1.63. The van der Waals surface area contributed by atoms with E-state index in [-0.39, 0.29) is 0 Å². The van der Waals surface area contributed by atoms with Gasteiger partial charge in [-0.2, -0.15) is 4.68 Å². The van der Waals surface area contributed by atoms with Gasteiger partial charge in [-0.05, 0) is 59.0 Å². The summed E-state index contributed by atoms with van der Waals surface area (Å²) in [6.45, 7) is 1.83. The lowest BCUT2D eigenvalue weighted by Gasteiger charge is -2.32. The van der Waals surface area contributed by atoms with Crippen LogP contribution in [-0.4, -0.2) is 38.4 Å². The van der Waals surface area contributed by atoms with Crippen LogP contribution in [0.4, 0.5) is 5.95 Å². The first-order valence-electron chi connectivity index (χ1n) is 8.19. The Morgan fingerprint density at radius 1 is 0.917 bits per heavy atom. The van der Waals surface area contributed by atoms with Gasteiger partial charge in [-0.3, -0.25) is 0 Å². The third-order valence-electron chi connectivity index (χ3n) is 4.60. The van der Waals surface area contributed by atoms with Crippen LogP contribution in [0.25, 0.3) is 5.69 Å². The number of rotatable bonds is 3. The van der Waals surface area contributed by atoms with Crippen molar-refractivity contribution in [1.29, 1.82) is 0 Å². The van der Waals surface area contributed by atoms with Crippen LogP contribution in [0.3, 0.4) is 0 Å². The van der Waals surface area contributed by atoms with Crippen molar-refractivity contribution in [2.45, 2.75) is 18.8 Å². The predicted molar refractivity (Wildman–Crippen MR) is 91.4 cm³/mol. The van der Waals surface area contributed by atoms with Crippen molar-refractivity contribution in [2.75, 3.05) is 18.0 Å². The van der Waals surface area contributed by atoms with Crippen molar-refractivity contribution in [3.63, 3.8) is 0 Å². The molecule has 1 aromatic heterocycles. The number of para-hydroxylation sites is 1. The Balaban J connectivity index is 1.49. The molecule has 2 aromatic carbocycles. The number of phenols is 1. The second-order valence-electron chi connectivity index (χ2n) is 6.08. The molecule has 0 unspecified atom stereocenters. The number of aromatic nitrogens is 4. The van der Waals surface area contributed by atoms with Gasteiger partial charge >= 0.3 is 0 Å². The minimum Gasteiger partial charge on any atom is -0.508 e. The minimum absolute atomic E-state index is 0.318. The second kappa shape index (κ2) is 6.31. The van der Waals surface area contributed by atoms with Gasteiger partial charge in [0, 0.05) is 13.1 Å². The van der Waals surface area contributed by atoms with Gasteiger partial charge in [-0.1, -0.05) is 35.4 Å². The lowest BCUT2D eigenvalue weighted by Crippen LogP contribution is -2.34. The molecule has 1 aliphatic heterocycles. The number of nitrogens with zero attached hydrogens (tertiary/aromatic N) is 5. The van der Waals surface area contributed by atoms with Crippen LogP contribution in [0.5, 0.6) is 5.75 Å². The Hall–Kier alpha value is -2.89. The fourth-order valence-corrected chi connectivity index (χ4v) is 3.28. The fourth-order valence-electron chi connectivity index (χ4n) is 3.28. The molecular weight excluding hydrogens is 302 g/mol. The highest BCUT2D eigenvalue weighted by Crippen LogP contribution is 2.30. The first-order valence-corrected chi connectivity index (χ1v) is 8.19. The van der Waals surface area contributed by atoms with E-state index in [2.05, 4.69) is 20.4 Å². The van der Waals surface area contributed by atoms with Crippen LogP contribution in [0.1, 0.15) is 24.3 Å². The van der Waals surface area contributed by atoms with Crippen molar-refractivity contribution >= 4 is 5.95 Å². The summed E-state index contributed by atoms with van der Waals surface area (Å²) in [7, 11) is 0. The molecule has 0 saturated carbocycles. The Kier molecular flexibility index (Phi) is 3.86. The topological polar surface area (TPSA) is 67.1 Å². The molecule has 1 aliphatic rings. The smallest absolute Gasteiger partial charge is 0.250 e. The van der Waals surface area contributed by atoms with Crippen LogP contribution in [0.15, 0.2) is 54.6 Å². The van der Waals surface area contributed by atoms with E-state index in [1.807, 2.05) is 42.5 Å². The summed E-state index contributed by atoms with van der Waals surface area (Å²) in [4.78, 5) is 2.24. The Morgan fingerprint density at radius 3 is 2.33 bits per heavy atom. The largest absolute Gasteiger partial charge is 0.508 e. The average molecular weight is 321 g/mol. The molecule has 3 aromatic rings. The van der Waals surface area contributed by atoms with Gasteiger partial charge in [-0.15, -0.1) is 0 Å². The van der Waals surface area contributed by atoms with Crippen molar-refractivity contribution in [1.82, 2.24) is 20.2 Å². The van der Waals surface area contributed by atoms with E-state index in [4.69, 9.17) is 0 Å². The van der Waals surface area contributed by atoms with Crippen LogP contribution >= 0.6 is 0 Å². The summed E-state index contributed by atoms with van der Waals surface area (Å²) in [5.41, 5.74) is 2.26. The molecule has 6 heteroatoms. The summed E-state index contributed by atoms with van der Waals surface area (Å²) in [5, 5.41) is 21.6. The van der Waals surface area contributed by atoms with Gasteiger partial charge in [0.05, 0.1) is 5.69 Å². The maximum absolute atomic E-state index is 9.43. The highest BCUT2D eigenvalue weighted by atomic mass is 16.3. The molecule has 122 valence electrons. The highest BCUT2D eigenvalue weighted by molar-refractivity contribution is 5.41. The van der Waals surface area contributed by atoms with E-state index in [0.29, 0.717) is 11.7 Å². The molecule has 0 aliphatic carbocycles. The van der Waals surface area contributed by atoms with Crippen molar-refractivity contribution in [3.8, 4) is 11.4 Å². The van der Waals surface area contributed by atoms with E-state index >= 15 is 0 Å². The van der Waals surface area contributed by atoms with Crippen LogP contribution < -0.4 is 4.90 Å². The van der Waals surface area contributed by atoms with Crippen LogP contribution in [0, 0.1) is 0 Å². The molecular formula is C18H19N5O. The zero-order valence-corrected chi connectivity index (χ0v) is 13.3. The quantitative estimate of drug-likeness (QED) is 0.803. The Labute approximate surface area is 140 Å². The SMILES string of the molecule is Oc1ccc(C2CCN(c3nnnn3-c3ccccc3)CC2)cc1. The first-order chi connectivity index (χ1) is 11.8. The normalized spacial score (nSPS) is 15.6. The fraction of sp³-hybridized carbons (Fsp3) is 0.278. The second-order valence-corrected chi connectivity index (χ2v) is 6.08. The summed E-state index contributed by atoms with van der Waals surface area (Å²) >= 11 is 0. The molecule has 2 heterocycles. The van der Waals surface area contributed by atoms with Crippen LogP contribution in [-0.2, 0) is 0 Å². The Morgan fingerprint density at radius 2 is 1.62 bits per heavy atom. The average Bonchev–Trinajstić information content (AvgIpc) is 3.13. The van der Waals surface area contributed by atoms with Crippen LogP contribution in [0.2, 0.25) is 0 Å². The highest BCUT2D eigenvalue weighted by Gasteiger charge is 2.24. The van der Waals surface area contributed by atoms with Crippen molar-refractivity contribution in [2.24, 2.45) is 0 Å². The molecule has 0 radical (unpaired) electrons. The number of anilines is 1. The maximum atomic E-state index is 9.43. The number of hydrogen-bond donors (Lipinski definition) is 1. The number of aromatic hydroxyl groups is 1. The van der Waals surface area contributed by atoms with Crippen molar-refractivity contribution < 1.29 is 5.11 Å². The van der Waals surface area contributed by atoms with Gasteiger partial charge in [0.15, 0.2) is 0 Å². The molecule has 6 nitrogen and oxygen atoms in total.